The zero-order valence-corrected chi connectivity index (χ0v) is 33.2. The van der Waals surface area contributed by atoms with Gasteiger partial charge in [-0.05, 0) is 102 Å². The maximum Gasteiger partial charge on any atom is 0.164 e. The summed E-state index contributed by atoms with van der Waals surface area (Å²) in [5, 5.41) is 0. The summed E-state index contributed by atoms with van der Waals surface area (Å²) in [4.78, 5) is 15.7. The number of rotatable bonds is 6. The van der Waals surface area contributed by atoms with Crippen molar-refractivity contribution in [2.24, 2.45) is 0 Å². The predicted molar refractivity (Wildman–Crippen MR) is 249 cm³/mol. The maximum atomic E-state index is 5.30. The van der Waals surface area contributed by atoms with E-state index in [9.17, 15) is 0 Å². The van der Waals surface area contributed by atoms with Crippen LogP contribution in [0.15, 0.2) is 224 Å². The van der Waals surface area contributed by atoms with E-state index in [1.165, 1.54) is 50.1 Å². The number of benzene rings is 9. The van der Waals surface area contributed by atoms with E-state index < -0.39 is 5.41 Å². The van der Waals surface area contributed by atoms with Crippen LogP contribution in [0.1, 0.15) is 22.3 Å². The predicted octanol–water partition coefficient (Wildman–Crippen LogP) is 14.2. The number of aromatic nitrogens is 3. The molecule has 0 fully saturated rings. The minimum atomic E-state index is -0.409. The lowest BCUT2D eigenvalue weighted by atomic mass is 9.70. The molecule has 0 aliphatic heterocycles. The van der Waals surface area contributed by atoms with Crippen molar-refractivity contribution in [2.75, 3.05) is 0 Å². The van der Waals surface area contributed by atoms with Gasteiger partial charge in [0.2, 0.25) is 0 Å². The van der Waals surface area contributed by atoms with Gasteiger partial charge in [-0.25, -0.2) is 15.0 Å². The molecule has 0 unspecified atom stereocenters. The summed E-state index contributed by atoms with van der Waals surface area (Å²) >= 11 is 0. The van der Waals surface area contributed by atoms with Crippen molar-refractivity contribution in [1.82, 2.24) is 15.0 Å². The zero-order valence-electron chi connectivity index (χ0n) is 33.2. The Morgan fingerprint density at radius 2 is 0.590 bits per heavy atom. The summed E-state index contributed by atoms with van der Waals surface area (Å²) in [7, 11) is 0. The molecule has 0 saturated heterocycles. The first kappa shape index (κ1) is 35.0. The largest absolute Gasteiger partial charge is 0.208 e. The highest BCUT2D eigenvalue weighted by molar-refractivity contribution is 6.00. The van der Waals surface area contributed by atoms with Gasteiger partial charge in [-0.3, -0.25) is 0 Å². The molecule has 1 spiro atoms. The van der Waals surface area contributed by atoms with Crippen molar-refractivity contribution in [3.63, 3.8) is 0 Å². The molecule has 0 bridgehead atoms. The maximum absolute atomic E-state index is 5.30. The van der Waals surface area contributed by atoms with Crippen LogP contribution in [-0.2, 0) is 5.41 Å². The van der Waals surface area contributed by atoms with Crippen LogP contribution in [0.4, 0.5) is 0 Å². The highest BCUT2D eigenvalue weighted by atomic mass is 15.0. The molecule has 0 atom stereocenters. The van der Waals surface area contributed by atoms with E-state index in [0.717, 1.165) is 44.5 Å². The summed E-state index contributed by atoms with van der Waals surface area (Å²) in [6.07, 6.45) is 0. The Balaban J connectivity index is 1.05. The van der Waals surface area contributed by atoms with Gasteiger partial charge in [0.05, 0.1) is 5.41 Å². The molecule has 284 valence electrons. The molecular formula is C58H37N3. The van der Waals surface area contributed by atoms with Crippen molar-refractivity contribution in [1.29, 1.82) is 0 Å². The van der Waals surface area contributed by atoms with Gasteiger partial charge in [0.25, 0.3) is 0 Å². The molecule has 0 saturated carbocycles. The molecule has 0 radical (unpaired) electrons. The zero-order chi connectivity index (χ0) is 40.3. The highest BCUT2D eigenvalue weighted by Gasteiger charge is 2.51. The Labute approximate surface area is 355 Å². The second-order valence-electron chi connectivity index (χ2n) is 15.9. The number of hydrogen-bond donors (Lipinski definition) is 0. The fourth-order valence-electron chi connectivity index (χ4n) is 9.91. The molecule has 2 aliphatic rings. The minimum absolute atomic E-state index is 0.409. The van der Waals surface area contributed by atoms with E-state index in [4.69, 9.17) is 15.0 Å². The van der Waals surface area contributed by atoms with Gasteiger partial charge in [-0.2, -0.15) is 0 Å². The quantitative estimate of drug-likeness (QED) is 0.169. The lowest BCUT2D eigenvalue weighted by Gasteiger charge is -2.30. The highest BCUT2D eigenvalue weighted by Crippen LogP contribution is 2.64. The Kier molecular flexibility index (Phi) is 8.07. The van der Waals surface area contributed by atoms with Gasteiger partial charge >= 0.3 is 0 Å². The van der Waals surface area contributed by atoms with Crippen molar-refractivity contribution in [2.45, 2.75) is 5.41 Å². The van der Waals surface area contributed by atoms with E-state index >= 15 is 0 Å². The summed E-state index contributed by atoms with van der Waals surface area (Å²) < 4.78 is 0. The summed E-state index contributed by atoms with van der Waals surface area (Å²) in [5.74, 6) is 1.88. The first-order valence-electron chi connectivity index (χ1n) is 20.9. The minimum Gasteiger partial charge on any atom is -0.208 e. The fourth-order valence-corrected chi connectivity index (χ4v) is 9.91. The number of fused-ring (bicyclic) bond motifs is 10. The Morgan fingerprint density at radius 3 is 1.18 bits per heavy atom. The SMILES string of the molecule is c1ccc(-c2cc(-c3ccccc3)cc(-c3nc(-c4ccccc4)nc(-c4cccc(-c5cccc6c5-c5ccccc5C65c6ccccc6-c6ccccc65)c4)n3)c2)cc1. The average Bonchev–Trinajstić information content (AvgIpc) is 3.82. The van der Waals surface area contributed by atoms with Gasteiger partial charge in [-0.15, -0.1) is 0 Å². The summed E-state index contributed by atoms with van der Waals surface area (Å²) in [6.45, 7) is 0. The first-order chi connectivity index (χ1) is 30.2. The van der Waals surface area contributed by atoms with Gasteiger partial charge in [0, 0.05) is 16.7 Å². The van der Waals surface area contributed by atoms with Crippen LogP contribution >= 0.6 is 0 Å². The molecule has 12 rings (SSSR count). The fraction of sp³-hybridized carbons (Fsp3) is 0.0172. The standard InChI is InChI=1S/C58H37N3/c1-4-18-38(19-5-1)43-35-44(39-20-6-2-7-21-39)37-45(36-43)57-60-55(40-22-8-3-9-23-40)59-56(61-57)42-25-16-24-41(34-42)46-29-17-33-53-54(46)49-28-12-15-32-52(49)58(53)50-30-13-10-26-47(50)48-27-11-14-31-51(48)58/h1-37H. The molecule has 9 aromatic carbocycles. The third-order valence-electron chi connectivity index (χ3n) is 12.5. The topological polar surface area (TPSA) is 38.7 Å². The number of nitrogens with zero attached hydrogens (tertiary/aromatic N) is 3. The van der Waals surface area contributed by atoms with Crippen LogP contribution in [0.25, 0.3) is 89.8 Å². The Bertz CT molecular complexity index is 3200. The average molecular weight is 776 g/mol. The van der Waals surface area contributed by atoms with E-state index in [2.05, 4.69) is 206 Å². The smallest absolute Gasteiger partial charge is 0.164 e. The summed E-state index contributed by atoms with van der Waals surface area (Å²) in [5.41, 5.74) is 19.6. The van der Waals surface area contributed by atoms with Crippen molar-refractivity contribution in [3.05, 3.63) is 247 Å². The van der Waals surface area contributed by atoms with Crippen LogP contribution in [0.3, 0.4) is 0 Å². The van der Waals surface area contributed by atoms with Crippen LogP contribution in [0.2, 0.25) is 0 Å². The summed E-state index contributed by atoms with van der Waals surface area (Å²) in [6, 6.07) is 80.4. The van der Waals surface area contributed by atoms with E-state index in [1.54, 1.807) is 0 Å². The van der Waals surface area contributed by atoms with Gasteiger partial charge in [0.1, 0.15) is 0 Å². The second kappa shape index (κ2) is 14.1. The van der Waals surface area contributed by atoms with Crippen LogP contribution < -0.4 is 0 Å². The van der Waals surface area contributed by atoms with Crippen molar-refractivity contribution >= 4 is 0 Å². The van der Waals surface area contributed by atoms with E-state index in [1.807, 2.05) is 18.2 Å². The molecule has 1 aromatic heterocycles. The lowest BCUT2D eigenvalue weighted by molar-refractivity contribution is 0.794. The molecule has 0 N–H and O–H groups in total. The molecule has 61 heavy (non-hydrogen) atoms. The lowest BCUT2D eigenvalue weighted by Crippen LogP contribution is -2.25. The monoisotopic (exact) mass is 775 g/mol. The molecule has 2 aliphatic carbocycles. The molecule has 3 heteroatoms. The van der Waals surface area contributed by atoms with Gasteiger partial charge < -0.3 is 0 Å². The Morgan fingerprint density at radius 1 is 0.230 bits per heavy atom. The van der Waals surface area contributed by atoms with Crippen molar-refractivity contribution < 1.29 is 0 Å². The molecule has 1 heterocycles. The van der Waals surface area contributed by atoms with E-state index in [0.29, 0.717) is 17.5 Å². The molecule has 3 nitrogen and oxygen atoms in total. The van der Waals surface area contributed by atoms with Crippen LogP contribution in [-0.4, -0.2) is 15.0 Å². The van der Waals surface area contributed by atoms with Crippen molar-refractivity contribution in [3.8, 4) is 89.8 Å². The molecule has 0 amide bonds. The third kappa shape index (κ3) is 5.55. The molecular weight excluding hydrogens is 739 g/mol. The first-order valence-corrected chi connectivity index (χ1v) is 20.9. The van der Waals surface area contributed by atoms with Crippen LogP contribution in [0.5, 0.6) is 0 Å². The third-order valence-corrected chi connectivity index (χ3v) is 12.5. The van der Waals surface area contributed by atoms with E-state index in [-0.39, 0.29) is 0 Å². The normalized spacial score (nSPS) is 12.7. The van der Waals surface area contributed by atoms with Gasteiger partial charge in [0.15, 0.2) is 17.5 Å². The Hall–Kier alpha value is -8.01. The molecule has 10 aromatic rings. The number of hydrogen-bond acceptors (Lipinski definition) is 3. The van der Waals surface area contributed by atoms with Crippen LogP contribution in [0, 0.1) is 0 Å². The van der Waals surface area contributed by atoms with Gasteiger partial charge in [-0.1, -0.05) is 200 Å². The second-order valence-corrected chi connectivity index (χ2v) is 15.9.